The van der Waals surface area contributed by atoms with Gasteiger partial charge in [0.05, 0.1) is 6.61 Å². The molecule has 0 amide bonds. The Labute approximate surface area is 129 Å². The van der Waals surface area contributed by atoms with Gasteiger partial charge < -0.3 is 4.74 Å². The molecule has 1 nitrogen and oxygen atoms in total. The van der Waals surface area contributed by atoms with Crippen molar-refractivity contribution in [3.63, 3.8) is 0 Å². The Morgan fingerprint density at radius 1 is 0.850 bits per heavy atom. The van der Waals surface area contributed by atoms with E-state index in [0.29, 0.717) is 0 Å². The molecule has 116 valence electrons. The zero-order valence-electron chi connectivity index (χ0n) is 13.5. The number of hydrogen-bond donors (Lipinski definition) is 0. The summed E-state index contributed by atoms with van der Waals surface area (Å²) in [5.41, 5.74) is 0. The zero-order valence-corrected chi connectivity index (χ0v) is 14.3. The van der Waals surface area contributed by atoms with Gasteiger partial charge in [-0.3, -0.25) is 0 Å². The van der Waals surface area contributed by atoms with Gasteiger partial charge in [-0.2, -0.15) is 0 Å². The van der Waals surface area contributed by atoms with E-state index in [4.69, 9.17) is 4.74 Å². The van der Waals surface area contributed by atoms with E-state index in [1.54, 1.807) is 11.3 Å². The molecule has 1 aromatic rings. The average Bonchev–Trinajstić information content (AvgIpc) is 2.85. The Kier molecular flexibility index (Phi) is 10.8. The van der Waals surface area contributed by atoms with Crippen molar-refractivity contribution in [1.29, 1.82) is 0 Å². The molecule has 0 radical (unpaired) electrons. The molecule has 2 heteroatoms. The summed E-state index contributed by atoms with van der Waals surface area (Å²) in [6.45, 7) is 5.29. The van der Waals surface area contributed by atoms with Crippen molar-refractivity contribution >= 4 is 11.3 Å². The molecule has 0 atom stereocenters. The Morgan fingerprint density at radius 2 is 1.40 bits per heavy atom. The normalized spacial score (nSPS) is 10.9. The fraction of sp³-hybridized carbons (Fsp3) is 0.778. The van der Waals surface area contributed by atoms with Crippen molar-refractivity contribution in [3.8, 4) is 5.75 Å². The monoisotopic (exact) mass is 296 g/mol. The fourth-order valence-electron chi connectivity index (χ4n) is 2.47. The molecule has 0 aliphatic rings. The Morgan fingerprint density at radius 3 is 1.90 bits per heavy atom. The Balaban J connectivity index is 1.78. The van der Waals surface area contributed by atoms with Gasteiger partial charge in [-0.15, -0.1) is 11.3 Å². The summed E-state index contributed by atoms with van der Waals surface area (Å²) in [6.07, 6.45) is 15.3. The van der Waals surface area contributed by atoms with Gasteiger partial charge in [0.15, 0.2) is 0 Å². The molecule has 1 aromatic heterocycles. The summed E-state index contributed by atoms with van der Waals surface area (Å²) < 4.78 is 5.77. The quantitative estimate of drug-likeness (QED) is 0.366. The molecule has 0 bridgehead atoms. The summed E-state index contributed by atoms with van der Waals surface area (Å²) in [6, 6.07) is 2.08. The van der Waals surface area contributed by atoms with Crippen LogP contribution in [0.3, 0.4) is 0 Å². The van der Waals surface area contributed by atoms with Crippen LogP contribution in [-0.4, -0.2) is 6.61 Å². The van der Waals surface area contributed by atoms with E-state index in [9.17, 15) is 0 Å². The Bertz CT molecular complexity index is 319. The molecular formula is C18H32OS. The van der Waals surface area contributed by atoms with E-state index >= 15 is 0 Å². The topological polar surface area (TPSA) is 9.23 Å². The van der Waals surface area contributed by atoms with Gasteiger partial charge in [-0.1, -0.05) is 71.1 Å². The summed E-state index contributed by atoms with van der Waals surface area (Å²) >= 11 is 1.76. The molecule has 1 heterocycles. The molecule has 0 aliphatic carbocycles. The third-order valence-electron chi connectivity index (χ3n) is 3.82. The highest BCUT2D eigenvalue weighted by Gasteiger charge is 1.99. The largest absolute Gasteiger partial charge is 0.492 e. The molecule has 0 fully saturated rings. The predicted octanol–water partition coefficient (Wildman–Crippen LogP) is 6.75. The highest BCUT2D eigenvalue weighted by atomic mass is 32.1. The minimum absolute atomic E-state index is 0.884. The van der Waals surface area contributed by atoms with Crippen LogP contribution < -0.4 is 4.74 Å². The lowest BCUT2D eigenvalue weighted by molar-refractivity contribution is 0.304. The van der Waals surface area contributed by atoms with Crippen molar-refractivity contribution < 1.29 is 4.74 Å². The van der Waals surface area contributed by atoms with Crippen LogP contribution >= 0.6 is 11.3 Å². The second-order valence-electron chi connectivity index (χ2n) is 5.73. The lowest BCUT2D eigenvalue weighted by Crippen LogP contribution is -1.97. The molecule has 0 aliphatic heterocycles. The summed E-state index contributed by atoms with van der Waals surface area (Å²) in [5.74, 6) is 1.09. The van der Waals surface area contributed by atoms with Crippen LogP contribution in [0.4, 0.5) is 0 Å². The van der Waals surface area contributed by atoms with Crippen LogP contribution in [0.15, 0.2) is 11.4 Å². The van der Waals surface area contributed by atoms with Crippen molar-refractivity contribution in [3.05, 3.63) is 16.3 Å². The van der Waals surface area contributed by atoms with Gasteiger partial charge in [-0.25, -0.2) is 0 Å². The number of thiophene rings is 1. The maximum atomic E-state index is 5.77. The smallest absolute Gasteiger partial charge is 0.132 e. The first-order chi connectivity index (χ1) is 9.84. The van der Waals surface area contributed by atoms with E-state index in [1.165, 1.54) is 75.5 Å². The van der Waals surface area contributed by atoms with E-state index < -0.39 is 0 Å². The van der Waals surface area contributed by atoms with Crippen LogP contribution in [0.25, 0.3) is 0 Å². The van der Waals surface area contributed by atoms with Crippen LogP contribution in [-0.2, 0) is 0 Å². The van der Waals surface area contributed by atoms with Crippen LogP contribution in [0.2, 0.25) is 0 Å². The van der Waals surface area contributed by atoms with E-state index in [-0.39, 0.29) is 0 Å². The fourth-order valence-corrected chi connectivity index (χ4v) is 3.11. The lowest BCUT2D eigenvalue weighted by Gasteiger charge is -2.05. The number of rotatable bonds is 13. The van der Waals surface area contributed by atoms with E-state index in [2.05, 4.69) is 25.3 Å². The Hall–Kier alpha value is -0.500. The first kappa shape index (κ1) is 17.6. The SMILES string of the molecule is CCCCCCCCCCCCCOc1ccsc1C. The van der Waals surface area contributed by atoms with Gasteiger partial charge in [0, 0.05) is 4.88 Å². The zero-order chi connectivity index (χ0) is 14.5. The molecule has 0 aromatic carbocycles. The van der Waals surface area contributed by atoms with Gasteiger partial charge >= 0.3 is 0 Å². The second kappa shape index (κ2) is 12.3. The maximum Gasteiger partial charge on any atom is 0.132 e. The minimum Gasteiger partial charge on any atom is -0.492 e. The molecule has 20 heavy (non-hydrogen) atoms. The number of aryl methyl sites for hydroxylation is 1. The highest BCUT2D eigenvalue weighted by molar-refractivity contribution is 7.10. The second-order valence-corrected chi connectivity index (χ2v) is 6.85. The first-order valence-corrected chi connectivity index (χ1v) is 9.39. The van der Waals surface area contributed by atoms with Crippen LogP contribution in [0.5, 0.6) is 5.75 Å². The van der Waals surface area contributed by atoms with E-state index in [0.717, 1.165) is 12.4 Å². The van der Waals surface area contributed by atoms with E-state index in [1.807, 2.05) is 0 Å². The maximum absolute atomic E-state index is 5.77. The van der Waals surface area contributed by atoms with Crippen molar-refractivity contribution in [1.82, 2.24) is 0 Å². The number of unbranched alkanes of at least 4 members (excludes halogenated alkanes) is 10. The van der Waals surface area contributed by atoms with Crippen LogP contribution in [0.1, 0.15) is 82.4 Å². The molecule has 0 N–H and O–H groups in total. The molecular weight excluding hydrogens is 264 g/mol. The number of hydrogen-bond acceptors (Lipinski definition) is 2. The summed E-state index contributed by atoms with van der Waals surface area (Å²) in [4.78, 5) is 1.30. The lowest BCUT2D eigenvalue weighted by atomic mass is 10.1. The minimum atomic E-state index is 0.884. The molecule has 0 saturated carbocycles. The molecule has 0 unspecified atom stereocenters. The standard InChI is InChI=1S/C18H32OS/c1-3-4-5-6-7-8-9-10-11-12-13-15-19-18-14-16-20-17(18)2/h14,16H,3-13,15H2,1-2H3. The average molecular weight is 297 g/mol. The van der Waals surface area contributed by atoms with Crippen molar-refractivity contribution in [2.24, 2.45) is 0 Å². The predicted molar refractivity (Wildman–Crippen MR) is 91.0 cm³/mol. The summed E-state index contributed by atoms with van der Waals surface area (Å²) in [5, 5.41) is 2.10. The van der Waals surface area contributed by atoms with Gasteiger partial charge in [0.25, 0.3) is 0 Å². The van der Waals surface area contributed by atoms with Gasteiger partial charge in [0.1, 0.15) is 5.75 Å². The molecule has 0 spiro atoms. The number of ether oxygens (including phenoxy) is 1. The van der Waals surface area contributed by atoms with Crippen molar-refractivity contribution in [2.45, 2.75) is 84.5 Å². The third-order valence-corrected chi connectivity index (χ3v) is 4.64. The molecule has 0 saturated heterocycles. The third kappa shape index (κ3) is 8.63. The van der Waals surface area contributed by atoms with Gasteiger partial charge in [0.2, 0.25) is 0 Å². The van der Waals surface area contributed by atoms with Crippen molar-refractivity contribution in [2.75, 3.05) is 6.61 Å². The first-order valence-electron chi connectivity index (χ1n) is 8.51. The highest BCUT2D eigenvalue weighted by Crippen LogP contribution is 2.23. The van der Waals surface area contributed by atoms with Crippen LogP contribution in [0, 0.1) is 6.92 Å². The summed E-state index contributed by atoms with van der Waals surface area (Å²) in [7, 11) is 0. The van der Waals surface area contributed by atoms with Gasteiger partial charge in [-0.05, 0) is 24.8 Å². The molecule has 1 rings (SSSR count).